The quantitative estimate of drug-likeness (QED) is 0.451. The topological polar surface area (TPSA) is 67.3 Å². The fourth-order valence-electron chi connectivity index (χ4n) is 3.15. The zero-order chi connectivity index (χ0) is 19.0. The Bertz CT molecular complexity index is 1120. The molecule has 0 aliphatic carbocycles. The number of furan rings is 1. The summed E-state index contributed by atoms with van der Waals surface area (Å²) >= 11 is 3.32. The largest absolute Gasteiger partial charge is 0.425 e. The molecular formula is C20H16BrFN2O3. The molecule has 138 valence electrons. The van der Waals surface area contributed by atoms with E-state index in [1.54, 1.807) is 12.1 Å². The van der Waals surface area contributed by atoms with E-state index in [-0.39, 0.29) is 11.8 Å². The third-order valence-electron chi connectivity index (χ3n) is 4.39. The van der Waals surface area contributed by atoms with E-state index in [1.807, 2.05) is 31.2 Å². The van der Waals surface area contributed by atoms with Crippen molar-refractivity contribution in [3.8, 4) is 5.95 Å². The van der Waals surface area contributed by atoms with Crippen molar-refractivity contribution < 1.29 is 18.3 Å². The van der Waals surface area contributed by atoms with E-state index in [0.29, 0.717) is 28.5 Å². The lowest BCUT2D eigenvalue weighted by Crippen LogP contribution is -2.28. The number of aromatic amines is 1. The summed E-state index contributed by atoms with van der Waals surface area (Å²) in [6, 6.07) is 12.4. The predicted octanol–water partition coefficient (Wildman–Crippen LogP) is 5.46. The van der Waals surface area contributed by atoms with E-state index >= 15 is 0 Å². The first-order valence-electron chi connectivity index (χ1n) is 8.42. The van der Waals surface area contributed by atoms with Gasteiger partial charge in [-0.25, -0.2) is 9.18 Å². The number of fused-ring (bicyclic) bond motifs is 2. The molecule has 0 spiro atoms. The van der Waals surface area contributed by atoms with Crippen molar-refractivity contribution in [2.45, 2.75) is 13.3 Å². The van der Waals surface area contributed by atoms with Crippen LogP contribution in [0.4, 0.5) is 9.18 Å². The Morgan fingerprint density at radius 1 is 1.30 bits per heavy atom. The minimum absolute atomic E-state index is 0.142. The lowest BCUT2D eigenvalue weighted by Gasteiger charge is -2.05. The fourth-order valence-corrected chi connectivity index (χ4v) is 3.58. The van der Waals surface area contributed by atoms with Gasteiger partial charge in [-0.1, -0.05) is 34.1 Å². The molecule has 7 heteroatoms. The van der Waals surface area contributed by atoms with Gasteiger partial charge >= 0.3 is 6.09 Å². The Hall–Kier alpha value is -2.80. The highest BCUT2D eigenvalue weighted by atomic mass is 79.9. The molecule has 0 unspecified atom stereocenters. The molecule has 0 fully saturated rings. The van der Waals surface area contributed by atoms with Crippen LogP contribution in [-0.2, 0) is 6.42 Å². The van der Waals surface area contributed by atoms with E-state index in [4.69, 9.17) is 9.15 Å². The third-order valence-corrected chi connectivity index (χ3v) is 4.84. The van der Waals surface area contributed by atoms with E-state index in [0.717, 1.165) is 22.0 Å². The molecule has 4 aromatic rings. The Balaban J connectivity index is 1.41. The number of amides is 1. The molecule has 5 nitrogen and oxygen atoms in total. The van der Waals surface area contributed by atoms with Gasteiger partial charge in [-0.15, -0.1) is 0 Å². The zero-order valence-corrected chi connectivity index (χ0v) is 16.0. The van der Waals surface area contributed by atoms with Crippen LogP contribution >= 0.6 is 15.9 Å². The zero-order valence-electron chi connectivity index (χ0n) is 14.4. The fraction of sp³-hybridized carbons (Fsp3) is 0.150. The highest BCUT2D eigenvalue weighted by molar-refractivity contribution is 9.10. The Morgan fingerprint density at radius 3 is 2.93 bits per heavy atom. The molecule has 2 aromatic heterocycles. The molecule has 2 aromatic carbocycles. The summed E-state index contributed by atoms with van der Waals surface area (Å²) in [5, 5.41) is 4.36. The maximum absolute atomic E-state index is 14.1. The SMILES string of the molecule is Cc1[nH]c2c(F)cc(Br)cc2c1CCNC(=O)Oc1cc2ccccc2o1. The van der Waals surface area contributed by atoms with Crippen LogP contribution in [0.5, 0.6) is 5.95 Å². The molecular weight excluding hydrogens is 415 g/mol. The van der Waals surface area contributed by atoms with E-state index < -0.39 is 6.09 Å². The summed E-state index contributed by atoms with van der Waals surface area (Å²) in [6.07, 6.45) is -0.0596. The second kappa shape index (κ2) is 7.08. The number of nitrogens with one attached hydrogen (secondary N) is 2. The third kappa shape index (κ3) is 3.55. The van der Waals surface area contributed by atoms with Crippen molar-refractivity contribution in [1.82, 2.24) is 10.3 Å². The normalized spacial score (nSPS) is 11.2. The molecule has 0 aliphatic rings. The van der Waals surface area contributed by atoms with Gasteiger partial charge in [0.05, 0.1) is 5.52 Å². The Labute approximate surface area is 162 Å². The average Bonchev–Trinajstić information content (AvgIpc) is 3.16. The van der Waals surface area contributed by atoms with Crippen LogP contribution < -0.4 is 10.1 Å². The molecule has 27 heavy (non-hydrogen) atoms. The number of carbonyl (C=O) groups excluding carboxylic acids is 1. The van der Waals surface area contributed by atoms with E-state index in [2.05, 4.69) is 26.2 Å². The number of H-pyrrole nitrogens is 1. The molecule has 2 heterocycles. The standard InChI is InChI=1S/C20H16BrFN2O3/c1-11-14(15-9-13(21)10-16(22)19(15)24-11)6-7-23-20(25)27-18-8-12-4-2-3-5-17(12)26-18/h2-5,8-10,24H,6-7H2,1H3,(H,23,25). The predicted molar refractivity (Wildman–Crippen MR) is 105 cm³/mol. The summed E-state index contributed by atoms with van der Waals surface area (Å²) < 4.78 is 25.4. The number of hydrogen-bond acceptors (Lipinski definition) is 3. The lowest BCUT2D eigenvalue weighted by molar-refractivity contribution is 0.189. The van der Waals surface area contributed by atoms with E-state index in [1.165, 1.54) is 6.07 Å². The number of aryl methyl sites for hydroxylation is 1. The van der Waals surface area contributed by atoms with Crippen molar-refractivity contribution in [2.24, 2.45) is 0 Å². The summed E-state index contributed by atoms with van der Waals surface area (Å²) in [4.78, 5) is 15.1. The monoisotopic (exact) mass is 430 g/mol. The summed E-state index contributed by atoms with van der Waals surface area (Å²) in [6.45, 7) is 2.23. The average molecular weight is 431 g/mol. The lowest BCUT2D eigenvalue weighted by atomic mass is 10.1. The number of para-hydroxylation sites is 1. The molecule has 0 atom stereocenters. The second-order valence-corrected chi connectivity index (χ2v) is 7.12. The minimum atomic E-state index is -0.598. The van der Waals surface area contributed by atoms with Gasteiger partial charge in [-0.3, -0.25) is 0 Å². The first-order valence-corrected chi connectivity index (χ1v) is 9.21. The summed E-state index contributed by atoms with van der Waals surface area (Å²) in [5.41, 5.74) is 2.95. The van der Waals surface area contributed by atoms with Crippen molar-refractivity contribution in [3.63, 3.8) is 0 Å². The van der Waals surface area contributed by atoms with Gasteiger partial charge in [0.2, 0.25) is 0 Å². The first-order chi connectivity index (χ1) is 13.0. The van der Waals surface area contributed by atoms with Crippen molar-refractivity contribution in [1.29, 1.82) is 0 Å². The number of halogens is 2. The smallest absolute Gasteiger partial charge is 0.415 e. The van der Waals surface area contributed by atoms with Gasteiger partial charge in [0.25, 0.3) is 5.95 Å². The molecule has 1 amide bonds. The highest BCUT2D eigenvalue weighted by Gasteiger charge is 2.14. The summed E-state index contributed by atoms with van der Waals surface area (Å²) in [7, 11) is 0. The van der Waals surface area contributed by atoms with Gasteiger partial charge in [-0.2, -0.15) is 0 Å². The van der Waals surface area contributed by atoms with Crippen LogP contribution in [0.1, 0.15) is 11.3 Å². The highest BCUT2D eigenvalue weighted by Crippen LogP contribution is 2.28. The molecule has 4 rings (SSSR count). The van der Waals surface area contributed by atoms with Crippen molar-refractivity contribution in [3.05, 3.63) is 64.0 Å². The summed E-state index contributed by atoms with van der Waals surface area (Å²) in [5.74, 6) is -0.172. The van der Waals surface area contributed by atoms with Crippen molar-refractivity contribution >= 4 is 43.9 Å². The maximum Gasteiger partial charge on any atom is 0.415 e. The second-order valence-electron chi connectivity index (χ2n) is 6.21. The van der Waals surface area contributed by atoms with Crippen LogP contribution in [0.2, 0.25) is 0 Å². The van der Waals surface area contributed by atoms with Gasteiger partial charge in [0.15, 0.2) is 0 Å². The molecule has 0 aliphatic heterocycles. The number of rotatable bonds is 4. The maximum atomic E-state index is 14.1. The van der Waals surface area contributed by atoms with Gasteiger partial charge in [0, 0.05) is 33.6 Å². The van der Waals surface area contributed by atoms with Crippen LogP contribution in [0, 0.1) is 12.7 Å². The molecule has 0 saturated carbocycles. The van der Waals surface area contributed by atoms with Gasteiger partial charge in [0.1, 0.15) is 11.4 Å². The number of benzene rings is 2. The minimum Gasteiger partial charge on any atom is -0.425 e. The number of aromatic nitrogens is 1. The number of carbonyl (C=O) groups is 1. The number of ether oxygens (including phenoxy) is 1. The van der Waals surface area contributed by atoms with Crippen LogP contribution in [0.15, 0.2) is 51.4 Å². The molecule has 0 bridgehead atoms. The first kappa shape index (κ1) is 17.6. The van der Waals surface area contributed by atoms with Gasteiger partial charge < -0.3 is 19.5 Å². The molecule has 0 saturated heterocycles. The molecule has 2 N–H and O–H groups in total. The van der Waals surface area contributed by atoms with E-state index in [9.17, 15) is 9.18 Å². The van der Waals surface area contributed by atoms with Crippen LogP contribution in [-0.4, -0.2) is 17.6 Å². The van der Waals surface area contributed by atoms with Crippen LogP contribution in [0.25, 0.3) is 21.9 Å². The van der Waals surface area contributed by atoms with Gasteiger partial charge in [-0.05, 0) is 37.1 Å². The Morgan fingerprint density at radius 2 is 2.11 bits per heavy atom. The Kier molecular flexibility index (Phi) is 4.61. The number of hydrogen-bond donors (Lipinski definition) is 2. The van der Waals surface area contributed by atoms with Crippen LogP contribution in [0.3, 0.4) is 0 Å². The van der Waals surface area contributed by atoms with Crippen molar-refractivity contribution in [2.75, 3.05) is 6.54 Å². The molecule has 0 radical (unpaired) electrons.